The van der Waals surface area contributed by atoms with Gasteiger partial charge in [0.1, 0.15) is 0 Å². The third-order valence-electron chi connectivity index (χ3n) is 2.01. The fourth-order valence-electron chi connectivity index (χ4n) is 1.18. The predicted molar refractivity (Wildman–Crippen MR) is 67.4 cm³/mol. The van der Waals surface area contributed by atoms with Crippen LogP contribution in [0.2, 0.25) is 0 Å². The van der Waals surface area contributed by atoms with Crippen molar-refractivity contribution < 1.29 is 14.5 Å². The van der Waals surface area contributed by atoms with Gasteiger partial charge in [0.25, 0.3) is 5.91 Å². The lowest BCUT2D eigenvalue weighted by molar-refractivity contribution is -0.389. The van der Waals surface area contributed by atoms with E-state index in [-0.39, 0.29) is 11.4 Å². The second-order valence-electron chi connectivity index (χ2n) is 3.23. The SMILES string of the molecule is CCOCCNC(=O)c1cc([N+](=O)[O-])ncc1Br. The average Bonchev–Trinajstić information content (AvgIpc) is 2.34. The maximum atomic E-state index is 11.8. The van der Waals surface area contributed by atoms with Crippen LogP contribution in [0.5, 0.6) is 0 Å². The molecule has 1 amide bonds. The van der Waals surface area contributed by atoms with Gasteiger partial charge in [-0.1, -0.05) is 0 Å². The first-order valence-corrected chi connectivity index (χ1v) is 6.01. The molecule has 0 aliphatic heterocycles. The van der Waals surface area contributed by atoms with Crippen molar-refractivity contribution in [1.29, 1.82) is 0 Å². The van der Waals surface area contributed by atoms with Gasteiger partial charge in [-0.25, -0.2) is 0 Å². The van der Waals surface area contributed by atoms with Crippen molar-refractivity contribution in [1.82, 2.24) is 10.3 Å². The Hall–Kier alpha value is -1.54. The Balaban J connectivity index is 2.72. The second kappa shape index (κ2) is 7.02. The molecule has 0 radical (unpaired) electrons. The first-order valence-electron chi connectivity index (χ1n) is 5.22. The zero-order valence-corrected chi connectivity index (χ0v) is 11.3. The summed E-state index contributed by atoms with van der Waals surface area (Å²) in [6, 6.07) is 1.13. The average molecular weight is 318 g/mol. The Morgan fingerprint density at radius 1 is 1.67 bits per heavy atom. The quantitative estimate of drug-likeness (QED) is 0.487. The van der Waals surface area contributed by atoms with Crippen LogP contribution in [0, 0.1) is 10.1 Å². The summed E-state index contributed by atoms with van der Waals surface area (Å²) in [7, 11) is 0. The fourth-order valence-corrected chi connectivity index (χ4v) is 1.57. The molecule has 0 aromatic carbocycles. The van der Waals surface area contributed by atoms with Crippen LogP contribution < -0.4 is 5.32 Å². The molecule has 1 aromatic rings. The summed E-state index contributed by atoms with van der Waals surface area (Å²) >= 11 is 3.13. The Kier molecular flexibility index (Phi) is 5.66. The molecule has 0 saturated carbocycles. The van der Waals surface area contributed by atoms with Crippen molar-refractivity contribution >= 4 is 27.7 Å². The van der Waals surface area contributed by atoms with Gasteiger partial charge in [-0.2, -0.15) is 0 Å². The van der Waals surface area contributed by atoms with E-state index in [0.29, 0.717) is 24.2 Å². The largest absolute Gasteiger partial charge is 0.380 e. The van der Waals surface area contributed by atoms with Crippen molar-refractivity contribution in [2.24, 2.45) is 0 Å². The standard InChI is InChI=1S/C10H12BrN3O4/c1-2-18-4-3-12-10(15)7-5-9(14(16)17)13-6-8(7)11/h5-6H,2-4H2,1H3,(H,12,15). The number of pyridine rings is 1. The second-order valence-corrected chi connectivity index (χ2v) is 4.09. The van der Waals surface area contributed by atoms with Crippen LogP contribution in [0.3, 0.4) is 0 Å². The van der Waals surface area contributed by atoms with E-state index in [9.17, 15) is 14.9 Å². The van der Waals surface area contributed by atoms with Gasteiger partial charge < -0.3 is 20.2 Å². The molecule has 1 aromatic heterocycles. The van der Waals surface area contributed by atoms with E-state index in [1.807, 2.05) is 6.92 Å². The molecule has 0 aliphatic rings. The van der Waals surface area contributed by atoms with Crippen molar-refractivity contribution in [3.05, 3.63) is 32.4 Å². The van der Waals surface area contributed by atoms with Gasteiger partial charge in [0.2, 0.25) is 0 Å². The summed E-state index contributed by atoms with van der Waals surface area (Å²) < 4.78 is 5.47. The van der Waals surface area contributed by atoms with Gasteiger partial charge in [-0.3, -0.25) is 4.79 Å². The number of nitrogens with zero attached hydrogens (tertiary/aromatic N) is 2. The highest BCUT2D eigenvalue weighted by molar-refractivity contribution is 9.10. The van der Waals surface area contributed by atoms with Gasteiger partial charge in [-0.05, 0) is 32.8 Å². The summed E-state index contributed by atoms with van der Waals surface area (Å²) in [6.45, 7) is 3.16. The normalized spacial score (nSPS) is 10.1. The summed E-state index contributed by atoms with van der Waals surface area (Å²) in [5.74, 6) is -0.778. The Morgan fingerprint density at radius 2 is 2.39 bits per heavy atom. The maximum Gasteiger partial charge on any atom is 0.364 e. The lowest BCUT2D eigenvalue weighted by Gasteiger charge is -2.06. The van der Waals surface area contributed by atoms with Gasteiger partial charge in [0, 0.05) is 19.2 Å². The van der Waals surface area contributed by atoms with Gasteiger partial charge in [-0.15, -0.1) is 0 Å². The van der Waals surface area contributed by atoms with E-state index >= 15 is 0 Å². The highest BCUT2D eigenvalue weighted by atomic mass is 79.9. The number of carbonyl (C=O) groups excluding carboxylic acids is 1. The molecule has 0 spiro atoms. The molecule has 0 saturated heterocycles. The summed E-state index contributed by atoms with van der Waals surface area (Å²) in [6.07, 6.45) is 1.23. The lowest BCUT2D eigenvalue weighted by atomic mass is 10.2. The molecule has 0 aliphatic carbocycles. The minimum Gasteiger partial charge on any atom is -0.380 e. The Morgan fingerprint density at radius 3 is 3.00 bits per heavy atom. The third-order valence-corrected chi connectivity index (χ3v) is 2.64. The van der Waals surface area contributed by atoms with Crippen LogP contribution in [-0.4, -0.2) is 35.6 Å². The lowest BCUT2D eigenvalue weighted by Crippen LogP contribution is -2.27. The number of ether oxygens (including phenoxy) is 1. The number of hydrogen-bond donors (Lipinski definition) is 1. The third kappa shape index (κ3) is 4.04. The van der Waals surface area contributed by atoms with Crippen LogP contribution in [0.4, 0.5) is 5.82 Å². The van der Waals surface area contributed by atoms with E-state index in [0.717, 1.165) is 6.07 Å². The monoisotopic (exact) mass is 317 g/mol. The van der Waals surface area contributed by atoms with Crippen LogP contribution in [0.15, 0.2) is 16.7 Å². The number of rotatable bonds is 6. The van der Waals surface area contributed by atoms with E-state index in [2.05, 4.69) is 26.2 Å². The van der Waals surface area contributed by atoms with Crippen LogP contribution in [-0.2, 0) is 4.74 Å². The first kappa shape index (κ1) is 14.5. The molecular weight excluding hydrogens is 306 g/mol. The van der Waals surface area contributed by atoms with Crippen molar-refractivity contribution in [2.45, 2.75) is 6.92 Å². The number of carbonyl (C=O) groups is 1. The molecule has 0 atom stereocenters. The zero-order chi connectivity index (χ0) is 13.5. The summed E-state index contributed by atoms with van der Waals surface area (Å²) in [4.78, 5) is 25.2. The maximum absolute atomic E-state index is 11.8. The molecule has 1 N–H and O–H groups in total. The number of nitrogens with one attached hydrogen (secondary N) is 1. The topological polar surface area (TPSA) is 94.4 Å². The summed E-state index contributed by atoms with van der Waals surface area (Å²) in [5.41, 5.74) is 0.174. The van der Waals surface area contributed by atoms with Crippen LogP contribution in [0.1, 0.15) is 17.3 Å². The summed E-state index contributed by atoms with van der Waals surface area (Å²) in [5, 5.41) is 13.2. The molecule has 0 bridgehead atoms. The smallest absolute Gasteiger partial charge is 0.364 e. The molecule has 98 valence electrons. The minimum absolute atomic E-state index is 0.174. The Bertz CT molecular complexity index is 453. The van der Waals surface area contributed by atoms with E-state index < -0.39 is 10.8 Å². The first-order chi connectivity index (χ1) is 8.56. The number of aromatic nitrogens is 1. The highest BCUT2D eigenvalue weighted by Crippen LogP contribution is 2.19. The number of halogens is 1. The minimum atomic E-state index is -0.649. The number of amides is 1. The Labute approximate surface area is 112 Å². The van der Waals surface area contributed by atoms with Gasteiger partial charge >= 0.3 is 5.82 Å². The van der Waals surface area contributed by atoms with Crippen molar-refractivity contribution in [3.8, 4) is 0 Å². The van der Waals surface area contributed by atoms with E-state index in [4.69, 9.17) is 4.74 Å². The highest BCUT2D eigenvalue weighted by Gasteiger charge is 2.16. The molecule has 0 unspecified atom stereocenters. The van der Waals surface area contributed by atoms with E-state index in [1.54, 1.807) is 0 Å². The number of hydrogen-bond acceptors (Lipinski definition) is 5. The van der Waals surface area contributed by atoms with Crippen LogP contribution >= 0.6 is 15.9 Å². The molecule has 1 heterocycles. The molecule has 8 heteroatoms. The molecule has 7 nitrogen and oxygen atoms in total. The van der Waals surface area contributed by atoms with Gasteiger partial charge in [0.15, 0.2) is 6.20 Å². The molecule has 18 heavy (non-hydrogen) atoms. The number of nitro groups is 1. The zero-order valence-electron chi connectivity index (χ0n) is 9.68. The van der Waals surface area contributed by atoms with Crippen LogP contribution in [0.25, 0.3) is 0 Å². The van der Waals surface area contributed by atoms with Crippen molar-refractivity contribution in [3.63, 3.8) is 0 Å². The van der Waals surface area contributed by atoms with Crippen molar-refractivity contribution in [2.75, 3.05) is 19.8 Å². The fraction of sp³-hybridized carbons (Fsp3) is 0.400. The molecule has 0 fully saturated rings. The molecule has 1 rings (SSSR count). The molecular formula is C10H12BrN3O4. The predicted octanol–water partition coefficient (Wildman–Crippen LogP) is 1.52. The van der Waals surface area contributed by atoms with E-state index in [1.165, 1.54) is 6.20 Å². The van der Waals surface area contributed by atoms with Gasteiger partial charge in [0.05, 0.1) is 16.6 Å².